The third-order valence-electron chi connectivity index (χ3n) is 6.38. The van der Waals surface area contributed by atoms with E-state index in [-0.39, 0.29) is 11.6 Å². The number of nitrogens with two attached hydrogens (primary N) is 1. The quantitative estimate of drug-likeness (QED) is 0.366. The van der Waals surface area contributed by atoms with Crippen molar-refractivity contribution in [3.05, 3.63) is 86.5 Å². The maximum Gasteiger partial charge on any atom is 0.252 e. The van der Waals surface area contributed by atoms with Crippen molar-refractivity contribution in [2.45, 2.75) is 25.8 Å². The van der Waals surface area contributed by atoms with Gasteiger partial charge in [0.05, 0.1) is 11.7 Å². The average molecular weight is 520 g/mol. The van der Waals surface area contributed by atoms with Crippen molar-refractivity contribution in [1.29, 1.82) is 0 Å². The Bertz CT molecular complexity index is 1670. The lowest BCUT2D eigenvalue weighted by Gasteiger charge is -2.15. The Balaban J connectivity index is 1.41. The van der Waals surface area contributed by atoms with Crippen LogP contribution in [0.15, 0.2) is 53.7 Å². The van der Waals surface area contributed by atoms with Crippen molar-refractivity contribution in [3.8, 4) is 28.1 Å². The first-order valence-electron chi connectivity index (χ1n) is 11.2. The molecule has 6 rings (SSSR count). The fourth-order valence-corrected chi connectivity index (χ4v) is 5.16. The normalized spacial score (nSPS) is 14.8. The van der Waals surface area contributed by atoms with Gasteiger partial charge in [-0.05, 0) is 71.7 Å². The first-order valence-corrected chi connectivity index (χ1v) is 11.9. The van der Waals surface area contributed by atoms with E-state index in [0.717, 1.165) is 33.6 Å². The Labute approximate surface area is 214 Å². The van der Waals surface area contributed by atoms with Gasteiger partial charge >= 0.3 is 0 Å². The number of rotatable bonds is 4. The average Bonchev–Trinajstić information content (AvgIpc) is 3.59. The first-order chi connectivity index (χ1) is 17.4. The molecule has 12 heteroatoms. The van der Waals surface area contributed by atoms with Crippen molar-refractivity contribution in [1.82, 2.24) is 39.7 Å². The Morgan fingerprint density at radius 1 is 1.14 bits per heavy atom. The van der Waals surface area contributed by atoms with Crippen LogP contribution in [0, 0.1) is 6.92 Å². The summed E-state index contributed by atoms with van der Waals surface area (Å²) in [6, 6.07) is 10.5. The van der Waals surface area contributed by atoms with Crippen LogP contribution in [0.3, 0.4) is 0 Å². The Morgan fingerprint density at radius 2 is 2.00 bits per heavy atom. The summed E-state index contributed by atoms with van der Waals surface area (Å²) in [5.41, 5.74) is 11.0. The number of benzene rings is 1. The molecule has 5 heterocycles. The molecule has 1 atom stereocenters. The molecule has 0 unspecified atom stereocenters. The van der Waals surface area contributed by atoms with E-state index in [2.05, 4.69) is 25.5 Å². The Kier molecular flexibility index (Phi) is 5.35. The molecule has 0 aliphatic carbocycles. The fraction of sp³-hybridized carbons (Fsp3) is 0.167. The first kappa shape index (κ1) is 22.4. The molecule has 0 amide bonds. The number of aromatic amines is 1. The van der Waals surface area contributed by atoms with Crippen molar-refractivity contribution in [2.24, 2.45) is 0 Å². The summed E-state index contributed by atoms with van der Waals surface area (Å²) in [7, 11) is 0. The molecule has 3 N–H and O–H groups in total. The molecule has 0 spiro atoms. The van der Waals surface area contributed by atoms with Crippen LogP contribution >= 0.6 is 23.2 Å². The van der Waals surface area contributed by atoms with Crippen molar-refractivity contribution in [3.63, 3.8) is 0 Å². The molecule has 1 aromatic carbocycles. The van der Waals surface area contributed by atoms with Gasteiger partial charge in [-0.3, -0.25) is 4.79 Å². The number of nitrogens with zero attached hydrogens (tertiary/aromatic N) is 7. The largest absolute Gasteiger partial charge is 0.384 e. The van der Waals surface area contributed by atoms with E-state index in [1.165, 1.54) is 6.33 Å². The molecule has 36 heavy (non-hydrogen) atoms. The second-order valence-electron chi connectivity index (χ2n) is 8.62. The zero-order valence-corrected chi connectivity index (χ0v) is 20.5. The summed E-state index contributed by atoms with van der Waals surface area (Å²) in [6.45, 7) is 1.93. The van der Waals surface area contributed by atoms with E-state index in [0.29, 0.717) is 40.4 Å². The molecule has 180 valence electrons. The molecule has 10 nitrogen and oxygen atoms in total. The van der Waals surface area contributed by atoms with Crippen LogP contribution in [0.1, 0.15) is 29.5 Å². The minimum absolute atomic E-state index is 0.146. The maximum absolute atomic E-state index is 13.4. The smallest absolute Gasteiger partial charge is 0.252 e. The summed E-state index contributed by atoms with van der Waals surface area (Å²) < 4.78 is 3.30. The van der Waals surface area contributed by atoms with Gasteiger partial charge < -0.3 is 15.3 Å². The second kappa shape index (κ2) is 8.58. The van der Waals surface area contributed by atoms with Gasteiger partial charge in [0.15, 0.2) is 0 Å². The van der Waals surface area contributed by atoms with E-state index in [1.54, 1.807) is 39.7 Å². The van der Waals surface area contributed by atoms with Crippen LogP contribution in [0.4, 0.5) is 5.82 Å². The van der Waals surface area contributed by atoms with Gasteiger partial charge in [0, 0.05) is 34.1 Å². The molecule has 0 fully saturated rings. The summed E-state index contributed by atoms with van der Waals surface area (Å²) in [5, 5.41) is 12.4. The standard InChI is InChI=1S/C24H19Cl2N9O/c1-12-6-20(27)28-10-17(12)22-23(26)31-24(30-22)19-5-3-15-7-13(8-21(36)35(15)19)16-9-14(25)2-4-18(16)34-11-29-32-33-34/h2,4,6-11,19H,3,5H2,1H3,(H2,27,28)(H,30,31)/t19-/m0/s1. The zero-order valence-electron chi connectivity index (χ0n) is 19.0. The summed E-state index contributed by atoms with van der Waals surface area (Å²) in [4.78, 5) is 25.5. The van der Waals surface area contributed by atoms with E-state index in [4.69, 9.17) is 33.9 Å². The predicted molar refractivity (Wildman–Crippen MR) is 136 cm³/mol. The molecular formula is C24H19Cl2N9O. The van der Waals surface area contributed by atoms with Crippen molar-refractivity contribution < 1.29 is 0 Å². The highest BCUT2D eigenvalue weighted by Crippen LogP contribution is 2.36. The van der Waals surface area contributed by atoms with Gasteiger partial charge in [0.25, 0.3) is 5.56 Å². The molecule has 5 aromatic rings. The number of H-pyrrole nitrogens is 1. The van der Waals surface area contributed by atoms with Crippen LogP contribution in [0.5, 0.6) is 0 Å². The highest BCUT2D eigenvalue weighted by Gasteiger charge is 2.29. The lowest BCUT2D eigenvalue weighted by atomic mass is 10.0. The van der Waals surface area contributed by atoms with Crippen LogP contribution < -0.4 is 11.3 Å². The van der Waals surface area contributed by atoms with Gasteiger partial charge in [-0.25, -0.2) is 9.97 Å². The number of hydrogen-bond acceptors (Lipinski definition) is 7. The molecule has 1 aliphatic heterocycles. The molecule has 0 radical (unpaired) electrons. The minimum Gasteiger partial charge on any atom is -0.384 e. The maximum atomic E-state index is 13.4. The lowest BCUT2D eigenvalue weighted by Crippen LogP contribution is -2.24. The Morgan fingerprint density at radius 3 is 2.78 bits per heavy atom. The van der Waals surface area contributed by atoms with E-state index in [9.17, 15) is 4.79 Å². The van der Waals surface area contributed by atoms with Crippen LogP contribution in [0.25, 0.3) is 28.1 Å². The zero-order chi connectivity index (χ0) is 25.0. The molecule has 4 aromatic heterocycles. The number of nitrogen functional groups attached to an aromatic ring is 1. The van der Waals surface area contributed by atoms with Gasteiger partial charge in [-0.1, -0.05) is 23.2 Å². The predicted octanol–water partition coefficient (Wildman–Crippen LogP) is 4.01. The molecule has 1 aliphatic rings. The monoisotopic (exact) mass is 519 g/mol. The van der Waals surface area contributed by atoms with Gasteiger partial charge in [-0.15, -0.1) is 5.10 Å². The summed E-state index contributed by atoms with van der Waals surface area (Å²) in [6.07, 6.45) is 4.56. The SMILES string of the molecule is Cc1cc(N)ncc1-c1nc([C@@H]2CCc3cc(-c4cc(Cl)ccc4-n4cnnn4)cc(=O)n32)[nH]c1Cl. The number of fused-ring (bicyclic) bond motifs is 1. The van der Waals surface area contributed by atoms with Crippen LogP contribution in [-0.4, -0.2) is 39.7 Å². The number of aromatic nitrogens is 8. The van der Waals surface area contributed by atoms with E-state index in [1.807, 2.05) is 19.1 Å². The number of halogens is 2. The summed E-state index contributed by atoms with van der Waals surface area (Å²) in [5.74, 6) is 1.05. The summed E-state index contributed by atoms with van der Waals surface area (Å²) >= 11 is 12.8. The second-order valence-corrected chi connectivity index (χ2v) is 9.44. The topological polar surface area (TPSA) is 133 Å². The Hall–Kier alpha value is -4.02. The number of anilines is 1. The molecule has 0 saturated heterocycles. The molecular weight excluding hydrogens is 501 g/mol. The number of nitrogens with one attached hydrogen (secondary N) is 1. The van der Waals surface area contributed by atoms with E-state index >= 15 is 0 Å². The number of imidazole rings is 1. The number of aryl methyl sites for hydroxylation is 2. The lowest BCUT2D eigenvalue weighted by molar-refractivity contribution is 0.572. The highest BCUT2D eigenvalue weighted by molar-refractivity contribution is 6.32. The third-order valence-corrected chi connectivity index (χ3v) is 6.89. The van der Waals surface area contributed by atoms with Crippen molar-refractivity contribution >= 4 is 29.0 Å². The molecule has 0 bridgehead atoms. The third kappa shape index (κ3) is 3.75. The van der Waals surface area contributed by atoms with Gasteiger partial charge in [0.1, 0.15) is 28.8 Å². The molecule has 0 saturated carbocycles. The highest BCUT2D eigenvalue weighted by atomic mass is 35.5. The fourth-order valence-electron chi connectivity index (χ4n) is 4.75. The number of hydrogen-bond donors (Lipinski definition) is 2. The minimum atomic E-state index is -0.270. The number of pyridine rings is 2. The number of tetrazole rings is 1. The van der Waals surface area contributed by atoms with Crippen LogP contribution in [-0.2, 0) is 6.42 Å². The van der Waals surface area contributed by atoms with Gasteiger partial charge in [-0.2, -0.15) is 4.68 Å². The van der Waals surface area contributed by atoms with E-state index < -0.39 is 0 Å². The van der Waals surface area contributed by atoms with Crippen LogP contribution in [0.2, 0.25) is 10.2 Å². The van der Waals surface area contributed by atoms with Crippen molar-refractivity contribution in [2.75, 3.05) is 5.73 Å². The van der Waals surface area contributed by atoms with Gasteiger partial charge in [0.2, 0.25) is 0 Å².